The largest absolute Gasteiger partial charge is 0.311 e. The van der Waals surface area contributed by atoms with Crippen molar-refractivity contribution in [2.24, 2.45) is 11.8 Å². The van der Waals surface area contributed by atoms with Crippen LogP contribution in [0.5, 0.6) is 0 Å². The van der Waals surface area contributed by atoms with E-state index in [1.807, 2.05) is 0 Å². The third-order valence-corrected chi connectivity index (χ3v) is 4.74. The molecule has 2 atom stereocenters. The van der Waals surface area contributed by atoms with Crippen LogP contribution in [0.2, 0.25) is 0 Å². The summed E-state index contributed by atoms with van der Waals surface area (Å²) in [5, 5.41) is 3.91. The lowest BCUT2D eigenvalue weighted by Gasteiger charge is -2.32. The second-order valence-electron chi connectivity index (χ2n) is 5.81. The minimum absolute atomic E-state index is 0.841. The molecule has 2 saturated carbocycles. The van der Waals surface area contributed by atoms with Crippen molar-refractivity contribution >= 4 is 0 Å². The fourth-order valence-corrected chi connectivity index (χ4v) is 3.43. The highest BCUT2D eigenvalue weighted by molar-refractivity contribution is 4.85. The third-order valence-electron chi connectivity index (χ3n) is 4.74. The van der Waals surface area contributed by atoms with Gasteiger partial charge in [-0.1, -0.05) is 26.7 Å². The average Bonchev–Trinajstić information content (AvgIpc) is 2.66. The second-order valence-corrected chi connectivity index (χ2v) is 5.81. The molecule has 0 aromatic carbocycles. The predicted molar refractivity (Wildman–Crippen MR) is 66.0 cm³/mol. The van der Waals surface area contributed by atoms with Crippen molar-refractivity contribution < 1.29 is 0 Å². The Kier molecular flexibility index (Phi) is 4.07. The molecule has 0 aliphatic heterocycles. The lowest BCUT2D eigenvalue weighted by atomic mass is 9.84. The molecule has 0 aromatic heterocycles. The van der Waals surface area contributed by atoms with Gasteiger partial charge in [0, 0.05) is 12.1 Å². The maximum absolute atomic E-state index is 3.91. The van der Waals surface area contributed by atoms with E-state index in [9.17, 15) is 0 Å². The van der Waals surface area contributed by atoms with Crippen molar-refractivity contribution in [3.8, 4) is 0 Å². The van der Waals surface area contributed by atoms with Gasteiger partial charge in [0.05, 0.1) is 0 Å². The first-order chi connectivity index (χ1) is 7.29. The van der Waals surface area contributed by atoms with Crippen LogP contribution in [0.1, 0.15) is 65.2 Å². The van der Waals surface area contributed by atoms with Gasteiger partial charge in [0.1, 0.15) is 0 Å². The molecule has 2 aliphatic rings. The van der Waals surface area contributed by atoms with Crippen LogP contribution in [-0.4, -0.2) is 12.1 Å². The fraction of sp³-hybridized carbons (Fsp3) is 1.00. The van der Waals surface area contributed by atoms with Crippen molar-refractivity contribution in [2.75, 3.05) is 0 Å². The highest BCUT2D eigenvalue weighted by Crippen LogP contribution is 2.30. The van der Waals surface area contributed by atoms with Gasteiger partial charge in [-0.3, -0.25) is 0 Å². The molecule has 0 heterocycles. The lowest BCUT2D eigenvalue weighted by molar-refractivity contribution is 0.256. The van der Waals surface area contributed by atoms with Gasteiger partial charge in [0.15, 0.2) is 0 Å². The Bertz CT molecular complexity index is 182. The maximum atomic E-state index is 3.91. The SMILES string of the molecule is CCC1CCC(NC2CCCC2C)CC1. The van der Waals surface area contributed by atoms with E-state index in [1.165, 1.54) is 51.4 Å². The molecule has 0 aromatic rings. The molecule has 1 heteroatoms. The normalized spacial score (nSPS) is 42.0. The van der Waals surface area contributed by atoms with E-state index in [-0.39, 0.29) is 0 Å². The number of rotatable bonds is 3. The monoisotopic (exact) mass is 209 g/mol. The Morgan fingerprint density at radius 1 is 1.00 bits per heavy atom. The molecule has 2 unspecified atom stereocenters. The van der Waals surface area contributed by atoms with Crippen LogP contribution in [-0.2, 0) is 0 Å². The molecule has 2 fully saturated rings. The van der Waals surface area contributed by atoms with Gasteiger partial charge in [-0.15, -0.1) is 0 Å². The fourth-order valence-electron chi connectivity index (χ4n) is 3.43. The molecule has 0 bridgehead atoms. The Balaban J connectivity index is 1.72. The van der Waals surface area contributed by atoms with Gasteiger partial charge in [-0.25, -0.2) is 0 Å². The number of hydrogen-bond donors (Lipinski definition) is 1. The van der Waals surface area contributed by atoms with Gasteiger partial charge < -0.3 is 5.32 Å². The van der Waals surface area contributed by atoms with Crippen LogP contribution >= 0.6 is 0 Å². The first-order valence-corrected chi connectivity index (χ1v) is 7.05. The molecule has 0 saturated heterocycles. The van der Waals surface area contributed by atoms with Crippen LogP contribution in [0, 0.1) is 11.8 Å². The highest BCUT2D eigenvalue weighted by atomic mass is 15.0. The molecule has 0 radical (unpaired) electrons. The van der Waals surface area contributed by atoms with E-state index < -0.39 is 0 Å². The zero-order valence-corrected chi connectivity index (χ0v) is 10.5. The van der Waals surface area contributed by atoms with Gasteiger partial charge in [-0.05, 0) is 50.4 Å². The van der Waals surface area contributed by atoms with Crippen molar-refractivity contribution in [2.45, 2.75) is 77.3 Å². The quantitative estimate of drug-likeness (QED) is 0.747. The number of nitrogens with one attached hydrogen (secondary N) is 1. The Hall–Kier alpha value is -0.0400. The maximum Gasteiger partial charge on any atom is 0.00952 e. The molecule has 0 amide bonds. The Morgan fingerprint density at radius 3 is 2.27 bits per heavy atom. The van der Waals surface area contributed by atoms with Gasteiger partial charge in [0.25, 0.3) is 0 Å². The Labute approximate surface area is 95.0 Å². The highest BCUT2D eigenvalue weighted by Gasteiger charge is 2.27. The molecule has 2 aliphatic carbocycles. The summed E-state index contributed by atoms with van der Waals surface area (Å²) in [5.41, 5.74) is 0. The van der Waals surface area contributed by atoms with Crippen LogP contribution < -0.4 is 5.32 Å². The van der Waals surface area contributed by atoms with E-state index >= 15 is 0 Å². The number of hydrogen-bond acceptors (Lipinski definition) is 1. The molecule has 1 nitrogen and oxygen atoms in total. The average molecular weight is 209 g/mol. The van der Waals surface area contributed by atoms with Gasteiger partial charge in [-0.2, -0.15) is 0 Å². The molecular weight excluding hydrogens is 182 g/mol. The Morgan fingerprint density at radius 2 is 1.73 bits per heavy atom. The summed E-state index contributed by atoms with van der Waals surface area (Å²) < 4.78 is 0. The summed E-state index contributed by atoms with van der Waals surface area (Å²) in [4.78, 5) is 0. The first-order valence-electron chi connectivity index (χ1n) is 7.05. The summed E-state index contributed by atoms with van der Waals surface area (Å²) in [6.07, 6.45) is 11.5. The van der Waals surface area contributed by atoms with E-state index in [0.29, 0.717) is 0 Å². The molecule has 15 heavy (non-hydrogen) atoms. The molecule has 2 rings (SSSR count). The zero-order chi connectivity index (χ0) is 10.7. The van der Waals surface area contributed by atoms with Crippen molar-refractivity contribution in [1.29, 1.82) is 0 Å². The van der Waals surface area contributed by atoms with Gasteiger partial charge >= 0.3 is 0 Å². The summed E-state index contributed by atoms with van der Waals surface area (Å²) in [7, 11) is 0. The standard InChI is InChI=1S/C14H27N/c1-3-12-7-9-13(10-8-12)15-14-6-4-5-11(14)2/h11-15H,3-10H2,1-2H3. The van der Waals surface area contributed by atoms with E-state index in [4.69, 9.17) is 0 Å². The van der Waals surface area contributed by atoms with Crippen molar-refractivity contribution in [3.05, 3.63) is 0 Å². The lowest BCUT2D eigenvalue weighted by Crippen LogP contribution is -2.41. The third kappa shape index (κ3) is 2.96. The van der Waals surface area contributed by atoms with E-state index in [0.717, 1.165) is 23.9 Å². The first kappa shape index (κ1) is 11.4. The van der Waals surface area contributed by atoms with Crippen LogP contribution in [0.25, 0.3) is 0 Å². The molecule has 1 N–H and O–H groups in total. The molecule has 0 spiro atoms. The van der Waals surface area contributed by atoms with Crippen molar-refractivity contribution in [1.82, 2.24) is 5.32 Å². The van der Waals surface area contributed by atoms with E-state index in [2.05, 4.69) is 19.2 Å². The summed E-state index contributed by atoms with van der Waals surface area (Å²) in [5.74, 6) is 1.96. The van der Waals surface area contributed by atoms with Crippen LogP contribution in [0.4, 0.5) is 0 Å². The summed E-state index contributed by atoms with van der Waals surface area (Å²) in [6.45, 7) is 4.76. The predicted octanol–water partition coefficient (Wildman–Crippen LogP) is 3.73. The van der Waals surface area contributed by atoms with Crippen LogP contribution in [0.15, 0.2) is 0 Å². The topological polar surface area (TPSA) is 12.0 Å². The molecule has 88 valence electrons. The van der Waals surface area contributed by atoms with E-state index in [1.54, 1.807) is 0 Å². The minimum Gasteiger partial charge on any atom is -0.311 e. The molecular formula is C14H27N. The second kappa shape index (κ2) is 5.34. The summed E-state index contributed by atoms with van der Waals surface area (Å²) >= 11 is 0. The van der Waals surface area contributed by atoms with Crippen molar-refractivity contribution in [3.63, 3.8) is 0 Å². The van der Waals surface area contributed by atoms with Crippen LogP contribution in [0.3, 0.4) is 0 Å². The van der Waals surface area contributed by atoms with Gasteiger partial charge in [0.2, 0.25) is 0 Å². The summed E-state index contributed by atoms with van der Waals surface area (Å²) in [6, 6.07) is 1.69. The smallest absolute Gasteiger partial charge is 0.00952 e. The zero-order valence-electron chi connectivity index (χ0n) is 10.5. The minimum atomic E-state index is 0.841.